The van der Waals surface area contributed by atoms with Gasteiger partial charge in [-0.2, -0.15) is 0 Å². The van der Waals surface area contributed by atoms with E-state index >= 15 is 0 Å². The van der Waals surface area contributed by atoms with Crippen LogP contribution in [0.2, 0.25) is 0 Å². The monoisotopic (exact) mass is 423 g/mol. The summed E-state index contributed by atoms with van der Waals surface area (Å²) in [5.41, 5.74) is 5.24. The third-order valence-corrected chi connectivity index (χ3v) is 4.82. The average Bonchev–Trinajstić information content (AvgIpc) is 2.73. The second-order valence-electron chi connectivity index (χ2n) is 6.71. The van der Waals surface area contributed by atoms with Crippen LogP contribution >= 0.6 is 12.4 Å². The van der Waals surface area contributed by atoms with Gasteiger partial charge in [-0.3, -0.25) is 4.79 Å². The normalized spacial score (nSPS) is 10.2. The number of amides is 1. The van der Waals surface area contributed by atoms with E-state index in [-0.39, 0.29) is 23.8 Å². The van der Waals surface area contributed by atoms with Crippen molar-refractivity contribution in [1.82, 2.24) is 5.43 Å². The van der Waals surface area contributed by atoms with Crippen LogP contribution in [0.5, 0.6) is 0 Å². The smallest absolute Gasteiger partial charge is 0.238 e. The molecule has 0 aromatic heterocycles. The lowest BCUT2D eigenvalue weighted by Gasteiger charge is -2.24. The molecule has 5 nitrogen and oxygen atoms in total. The molecule has 4 N–H and O–H groups in total. The molecule has 0 aliphatic rings. The summed E-state index contributed by atoms with van der Waals surface area (Å²) in [7, 11) is 0. The first-order valence-electron chi connectivity index (χ1n) is 9.47. The molecular formula is C24H26ClN3O2. The highest BCUT2D eigenvalue weighted by Crippen LogP contribution is 2.26. The number of anilines is 2. The van der Waals surface area contributed by atoms with Gasteiger partial charge in [0.25, 0.3) is 0 Å². The molecule has 0 aliphatic heterocycles. The van der Waals surface area contributed by atoms with Crippen LogP contribution in [0.15, 0.2) is 84.9 Å². The summed E-state index contributed by atoms with van der Waals surface area (Å²) in [5.74, 6) is -0.0403. The van der Waals surface area contributed by atoms with Gasteiger partial charge in [-0.05, 0) is 22.9 Å². The fourth-order valence-corrected chi connectivity index (χ4v) is 3.51. The molecule has 0 fully saturated rings. The summed E-state index contributed by atoms with van der Waals surface area (Å²) in [6.45, 7) is 2.89. The van der Waals surface area contributed by atoms with Crippen molar-refractivity contribution in [3.8, 4) is 0 Å². The Labute approximate surface area is 182 Å². The molecule has 0 bridgehead atoms. The van der Waals surface area contributed by atoms with Crippen LogP contribution in [0.1, 0.15) is 6.92 Å². The van der Waals surface area contributed by atoms with Crippen molar-refractivity contribution < 1.29 is 10.3 Å². The van der Waals surface area contributed by atoms with E-state index in [1.807, 2.05) is 42.5 Å². The summed E-state index contributed by atoms with van der Waals surface area (Å²) in [4.78, 5) is 12.3. The van der Waals surface area contributed by atoms with Gasteiger partial charge in [0.1, 0.15) is 0 Å². The summed E-state index contributed by atoms with van der Waals surface area (Å²) in [5, 5.41) is 9.67. The lowest BCUT2D eigenvalue weighted by atomic mass is 10.1. The molecule has 156 valence electrons. The standard InChI is InChI=1S/C24H23N3O.ClH.H2O/c1-18(28)27(24-15-7-11-20-9-3-5-13-22(20)24)26-17-16-25-23-14-6-10-19-8-2-4-12-21(19)23;;/h2-15,25-26H,16-17H2,1H3;1H;1H2. The summed E-state index contributed by atoms with van der Waals surface area (Å²) >= 11 is 0. The van der Waals surface area contributed by atoms with E-state index in [2.05, 4.69) is 53.2 Å². The number of halogens is 1. The minimum Gasteiger partial charge on any atom is -0.412 e. The number of carbonyl (C=O) groups excluding carboxylic acids is 1. The Bertz CT molecular complexity index is 1120. The van der Waals surface area contributed by atoms with Crippen LogP contribution < -0.4 is 15.8 Å². The Kier molecular flexibility index (Phi) is 8.18. The lowest BCUT2D eigenvalue weighted by molar-refractivity contribution is -0.117. The van der Waals surface area contributed by atoms with E-state index in [1.54, 1.807) is 11.9 Å². The van der Waals surface area contributed by atoms with Gasteiger partial charge in [0.15, 0.2) is 0 Å². The van der Waals surface area contributed by atoms with E-state index in [9.17, 15) is 4.79 Å². The maximum atomic E-state index is 12.3. The fraction of sp³-hybridized carbons (Fsp3) is 0.125. The van der Waals surface area contributed by atoms with E-state index in [1.165, 1.54) is 10.8 Å². The molecule has 0 aliphatic carbocycles. The fourth-order valence-electron chi connectivity index (χ4n) is 3.51. The SMILES string of the molecule is CC(=O)N(NCCNc1cccc2ccccc12)c1cccc2ccccc12.Cl.O. The topological polar surface area (TPSA) is 75.9 Å². The molecule has 0 spiro atoms. The third-order valence-electron chi connectivity index (χ3n) is 4.82. The Balaban J connectivity index is 0.00000160. The molecule has 0 saturated heterocycles. The second-order valence-corrected chi connectivity index (χ2v) is 6.71. The van der Waals surface area contributed by atoms with Crippen molar-refractivity contribution in [1.29, 1.82) is 0 Å². The molecule has 0 saturated carbocycles. The maximum Gasteiger partial charge on any atom is 0.238 e. The quantitative estimate of drug-likeness (QED) is 0.352. The average molecular weight is 424 g/mol. The van der Waals surface area contributed by atoms with Crippen LogP contribution in [-0.2, 0) is 4.79 Å². The van der Waals surface area contributed by atoms with Gasteiger partial charge < -0.3 is 10.8 Å². The first kappa shape index (κ1) is 23.2. The Morgan fingerprint density at radius 2 is 1.33 bits per heavy atom. The van der Waals surface area contributed by atoms with Gasteiger partial charge in [-0.15, -0.1) is 12.4 Å². The number of carbonyl (C=O) groups is 1. The van der Waals surface area contributed by atoms with Crippen LogP contribution in [0.3, 0.4) is 0 Å². The van der Waals surface area contributed by atoms with Crippen molar-refractivity contribution in [3.63, 3.8) is 0 Å². The highest BCUT2D eigenvalue weighted by Gasteiger charge is 2.13. The number of nitrogens with zero attached hydrogens (tertiary/aromatic N) is 1. The summed E-state index contributed by atoms with van der Waals surface area (Å²) < 4.78 is 0. The molecule has 6 heteroatoms. The minimum atomic E-state index is -0.0403. The predicted octanol–water partition coefficient (Wildman–Crippen LogP) is 4.56. The molecule has 1 amide bonds. The highest BCUT2D eigenvalue weighted by atomic mass is 35.5. The Morgan fingerprint density at radius 1 is 0.767 bits per heavy atom. The van der Waals surface area contributed by atoms with Gasteiger partial charge in [-0.25, -0.2) is 10.4 Å². The second kappa shape index (κ2) is 10.6. The summed E-state index contributed by atoms with van der Waals surface area (Å²) in [6, 6.07) is 28.6. The molecule has 4 aromatic rings. The molecule has 0 unspecified atom stereocenters. The number of nitrogens with one attached hydrogen (secondary N) is 2. The van der Waals surface area contributed by atoms with Crippen molar-refractivity contribution in [3.05, 3.63) is 84.9 Å². The van der Waals surface area contributed by atoms with Crippen molar-refractivity contribution in [2.75, 3.05) is 23.4 Å². The van der Waals surface area contributed by atoms with Gasteiger partial charge in [0.05, 0.1) is 5.69 Å². The molecule has 4 rings (SSSR count). The van der Waals surface area contributed by atoms with Crippen molar-refractivity contribution in [2.24, 2.45) is 0 Å². The summed E-state index contributed by atoms with van der Waals surface area (Å²) in [6.07, 6.45) is 0. The van der Waals surface area contributed by atoms with Crippen molar-refractivity contribution in [2.45, 2.75) is 6.92 Å². The van der Waals surface area contributed by atoms with Crippen molar-refractivity contribution >= 4 is 51.2 Å². The first-order chi connectivity index (χ1) is 13.7. The van der Waals surface area contributed by atoms with Gasteiger partial charge >= 0.3 is 0 Å². The Hall–Kier alpha value is -3.12. The first-order valence-corrected chi connectivity index (χ1v) is 9.47. The zero-order valence-electron chi connectivity index (χ0n) is 16.8. The van der Waals surface area contributed by atoms with Crippen LogP contribution in [-0.4, -0.2) is 24.5 Å². The lowest BCUT2D eigenvalue weighted by Crippen LogP contribution is -2.44. The Morgan fingerprint density at radius 3 is 2.03 bits per heavy atom. The molecule has 4 aromatic carbocycles. The van der Waals surface area contributed by atoms with Gasteiger partial charge in [-0.1, -0.05) is 72.8 Å². The van der Waals surface area contributed by atoms with Gasteiger partial charge in [0.2, 0.25) is 5.91 Å². The molecule has 30 heavy (non-hydrogen) atoms. The van der Waals surface area contributed by atoms with Crippen LogP contribution in [0.4, 0.5) is 11.4 Å². The minimum absolute atomic E-state index is 0. The zero-order chi connectivity index (χ0) is 19.3. The maximum absolute atomic E-state index is 12.3. The van der Waals surface area contributed by atoms with Crippen LogP contribution in [0, 0.1) is 0 Å². The predicted molar refractivity (Wildman–Crippen MR) is 128 cm³/mol. The van der Waals surface area contributed by atoms with Crippen LogP contribution in [0.25, 0.3) is 21.5 Å². The molecule has 0 heterocycles. The number of fused-ring (bicyclic) bond motifs is 2. The molecular weight excluding hydrogens is 398 g/mol. The number of hydrazine groups is 1. The van der Waals surface area contributed by atoms with E-state index in [4.69, 9.17) is 0 Å². The van der Waals surface area contributed by atoms with E-state index in [0.29, 0.717) is 13.1 Å². The largest absolute Gasteiger partial charge is 0.412 e. The van der Waals surface area contributed by atoms with E-state index in [0.717, 1.165) is 22.1 Å². The number of hydrogen-bond acceptors (Lipinski definition) is 3. The number of rotatable bonds is 6. The van der Waals surface area contributed by atoms with E-state index < -0.39 is 0 Å². The third kappa shape index (κ3) is 4.89. The number of hydrogen-bond donors (Lipinski definition) is 2. The highest BCUT2D eigenvalue weighted by molar-refractivity contribution is 6.02. The number of benzene rings is 4. The zero-order valence-corrected chi connectivity index (χ0v) is 17.6. The van der Waals surface area contributed by atoms with Gasteiger partial charge in [0, 0.05) is 36.5 Å². The molecule has 0 atom stereocenters. The molecule has 0 radical (unpaired) electrons.